The topological polar surface area (TPSA) is 33.1 Å². The molecule has 0 aromatic carbocycles. The van der Waals surface area contributed by atoms with Gasteiger partial charge in [-0.15, -0.1) is 0 Å². The zero-order valence-electron chi connectivity index (χ0n) is 11.9. The second-order valence-corrected chi connectivity index (χ2v) is 5.51. The van der Waals surface area contributed by atoms with Gasteiger partial charge in [0, 0.05) is 24.3 Å². The quantitative estimate of drug-likeness (QED) is 0.866. The first-order valence-corrected chi connectivity index (χ1v) is 7.13. The molecule has 0 aliphatic carbocycles. The Morgan fingerprint density at radius 1 is 1.44 bits per heavy atom. The number of aromatic nitrogens is 2. The lowest BCUT2D eigenvalue weighted by molar-refractivity contribution is 0.213. The molecule has 1 unspecified atom stereocenters. The molecule has 1 fully saturated rings. The molecular weight excluding hydrogens is 224 g/mol. The van der Waals surface area contributed by atoms with Crippen molar-refractivity contribution in [2.24, 2.45) is 5.92 Å². The zero-order valence-corrected chi connectivity index (χ0v) is 11.9. The number of likely N-dealkylation sites (tertiary alicyclic amines) is 1. The first kappa shape index (κ1) is 13.6. The molecule has 1 aromatic heterocycles. The molecule has 0 saturated carbocycles. The summed E-state index contributed by atoms with van der Waals surface area (Å²) in [5.41, 5.74) is 1.30. The van der Waals surface area contributed by atoms with Crippen LogP contribution < -0.4 is 5.32 Å². The minimum Gasteiger partial charge on any atom is -0.310 e. The van der Waals surface area contributed by atoms with E-state index >= 15 is 0 Å². The maximum absolute atomic E-state index is 4.33. The highest BCUT2D eigenvalue weighted by Gasteiger charge is 2.17. The van der Waals surface area contributed by atoms with Gasteiger partial charge in [-0.1, -0.05) is 0 Å². The van der Waals surface area contributed by atoms with E-state index in [0.717, 1.165) is 19.0 Å². The molecular formula is C14H26N4. The molecule has 1 aromatic rings. The van der Waals surface area contributed by atoms with E-state index < -0.39 is 0 Å². The van der Waals surface area contributed by atoms with Crippen LogP contribution in [-0.2, 0) is 6.54 Å². The molecule has 0 amide bonds. The molecule has 4 heteroatoms. The standard InChI is InChI=1S/C14H26N4/c1-4-18-11-14(10-16-18)12(2)15-9-13-5-7-17(3)8-6-13/h10-13,15H,4-9H2,1-3H3. The van der Waals surface area contributed by atoms with Crippen molar-refractivity contribution in [2.45, 2.75) is 39.3 Å². The SMILES string of the molecule is CCn1cc(C(C)NCC2CCN(C)CC2)cn1. The van der Waals surface area contributed by atoms with E-state index in [0.29, 0.717) is 6.04 Å². The molecule has 4 nitrogen and oxygen atoms in total. The molecule has 0 radical (unpaired) electrons. The minimum absolute atomic E-state index is 0.407. The molecule has 2 heterocycles. The van der Waals surface area contributed by atoms with E-state index in [1.165, 1.54) is 31.5 Å². The van der Waals surface area contributed by atoms with Crippen molar-refractivity contribution in [2.75, 3.05) is 26.7 Å². The van der Waals surface area contributed by atoms with Crippen molar-refractivity contribution in [3.63, 3.8) is 0 Å². The minimum atomic E-state index is 0.407. The molecule has 18 heavy (non-hydrogen) atoms. The summed E-state index contributed by atoms with van der Waals surface area (Å²) < 4.78 is 1.99. The second-order valence-electron chi connectivity index (χ2n) is 5.51. The van der Waals surface area contributed by atoms with Crippen LogP contribution in [0.4, 0.5) is 0 Å². The van der Waals surface area contributed by atoms with Crippen LogP contribution in [0.1, 0.15) is 38.3 Å². The third kappa shape index (κ3) is 3.56. The number of hydrogen-bond acceptors (Lipinski definition) is 3. The van der Waals surface area contributed by atoms with Crippen molar-refractivity contribution in [1.82, 2.24) is 20.0 Å². The first-order chi connectivity index (χ1) is 8.69. The predicted molar refractivity (Wildman–Crippen MR) is 74.5 cm³/mol. The average molecular weight is 250 g/mol. The maximum Gasteiger partial charge on any atom is 0.0537 e. The van der Waals surface area contributed by atoms with Crippen LogP contribution in [0.3, 0.4) is 0 Å². The molecule has 1 saturated heterocycles. The van der Waals surface area contributed by atoms with E-state index in [1.807, 2.05) is 10.9 Å². The van der Waals surface area contributed by atoms with Gasteiger partial charge < -0.3 is 10.2 Å². The lowest BCUT2D eigenvalue weighted by Crippen LogP contribution is -2.35. The first-order valence-electron chi connectivity index (χ1n) is 7.13. The maximum atomic E-state index is 4.33. The Balaban J connectivity index is 1.75. The third-order valence-corrected chi connectivity index (χ3v) is 4.03. The van der Waals surface area contributed by atoms with Crippen molar-refractivity contribution < 1.29 is 0 Å². The average Bonchev–Trinajstić information content (AvgIpc) is 2.86. The normalized spacial score (nSPS) is 20.2. The van der Waals surface area contributed by atoms with Crippen LogP contribution >= 0.6 is 0 Å². The Morgan fingerprint density at radius 2 is 2.17 bits per heavy atom. The lowest BCUT2D eigenvalue weighted by Gasteiger charge is -2.29. The smallest absolute Gasteiger partial charge is 0.0537 e. The lowest BCUT2D eigenvalue weighted by atomic mass is 9.96. The molecule has 0 bridgehead atoms. The fourth-order valence-corrected chi connectivity index (χ4v) is 2.50. The molecule has 102 valence electrons. The fourth-order valence-electron chi connectivity index (χ4n) is 2.50. The predicted octanol–water partition coefficient (Wildman–Crippen LogP) is 1.90. The number of piperidine rings is 1. The number of nitrogens with zero attached hydrogens (tertiary/aromatic N) is 3. The van der Waals surface area contributed by atoms with E-state index in [1.54, 1.807) is 0 Å². The Bertz CT molecular complexity index is 352. The van der Waals surface area contributed by atoms with Crippen molar-refractivity contribution in [3.8, 4) is 0 Å². The van der Waals surface area contributed by atoms with E-state index in [-0.39, 0.29) is 0 Å². The Labute approximate surface area is 110 Å². The number of rotatable bonds is 5. The van der Waals surface area contributed by atoms with Gasteiger partial charge in [0.15, 0.2) is 0 Å². The van der Waals surface area contributed by atoms with Gasteiger partial charge in [-0.05, 0) is 59.3 Å². The Kier molecular flexibility index (Phi) is 4.78. The van der Waals surface area contributed by atoms with Gasteiger partial charge in [0.2, 0.25) is 0 Å². The number of hydrogen-bond donors (Lipinski definition) is 1. The molecule has 0 spiro atoms. The van der Waals surface area contributed by atoms with Gasteiger partial charge in [-0.3, -0.25) is 4.68 Å². The van der Waals surface area contributed by atoms with Crippen LogP contribution in [0.25, 0.3) is 0 Å². The van der Waals surface area contributed by atoms with Crippen molar-refractivity contribution in [3.05, 3.63) is 18.0 Å². The summed E-state index contributed by atoms with van der Waals surface area (Å²) in [6.07, 6.45) is 6.77. The van der Waals surface area contributed by atoms with Crippen LogP contribution in [0, 0.1) is 5.92 Å². The van der Waals surface area contributed by atoms with Crippen LogP contribution in [0.2, 0.25) is 0 Å². The summed E-state index contributed by atoms with van der Waals surface area (Å²) in [4.78, 5) is 2.42. The fraction of sp³-hybridized carbons (Fsp3) is 0.786. The van der Waals surface area contributed by atoms with Crippen LogP contribution in [0.15, 0.2) is 12.4 Å². The Hall–Kier alpha value is -0.870. The molecule has 1 aliphatic heterocycles. The van der Waals surface area contributed by atoms with Crippen LogP contribution in [0.5, 0.6) is 0 Å². The highest BCUT2D eigenvalue weighted by molar-refractivity contribution is 5.09. The summed E-state index contributed by atoms with van der Waals surface area (Å²) in [5.74, 6) is 0.838. The van der Waals surface area contributed by atoms with E-state index in [4.69, 9.17) is 0 Å². The summed E-state index contributed by atoms with van der Waals surface area (Å²) in [6.45, 7) is 8.91. The number of aryl methyl sites for hydroxylation is 1. The summed E-state index contributed by atoms with van der Waals surface area (Å²) in [6, 6.07) is 0.407. The van der Waals surface area contributed by atoms with E-state index in [2.05, 4.69) is 42.4 Å². The van der Waals surface area contributed by atoms with Gasteiger partial charge in [-0.2, -0.15) is 5.10 Å². The van der Waals surface area contributed by atoms with Gasteiger partial charge in [0.05, 0.1) is 6.20 Å². The summed E-state index contributed by atoms with van der Waals surface area (Å²) in [5, 5.41) is 7.98. The van der Waals surface area contributed by atoms with Gasteiger partial charge in [0.25, 0.3) is 0 Å². The Morgan fingerprint density at radius 3 is 2.78 bits per heavy atom. The molecule has 1 atom stereocenters. The van der Waals surface area contributed by atoms with Gasteiger partial charge in [-0.25, -0.2) is 0 Å². The number of nitrogens with one attached hydrogen (secondary N) is 1. The second kappa shape index (κ2) is 6.34. The van der Waals surface area contributed by atoms with Crippen molar-refractivity contribution in [1.29, 1.82) is 0 Å². The molecule has 1 N–H and O–H groups in total. The van der Waals surface area contributed by atoms with E-state index in [9.17, 15) is 0 Å². The molecule has 2 rings (SSSR count). The summed E-state index contributed by atoms with van der Waals surface area (Å²) >= 11 is 0. The molecule has 1 aliphatic rings. The van der Waals surface area contributed by atoms with Gasteiger partial charge in [0.1, 0.15) is 0 Å². The third-order valence-electron chi connectivity index (χ3n) is 4.03. The van der Waals surface area contributed by atoms with Gasteiger partial charge >= 0.3 is 0 Å². The summed E-state index contributed by atoms with van der Waals surface area (Å²) in [7, 11) is 2.21. The highest BCUT2D eigenvalue weighted by Crippen LogP contribution is 2.17. The zero-order chi connectivity index (χ0) is 13.0. The monoisotopic (exact) mass is 250 g/mol. The highest BCUT2D eigenvalue weighted by atomic mass is 15.3. The van der Waals surface area contributed by atoms with Crippen LogP contribution in [-0.4, -0.2) is 41.4 Å². The van der Waals surface area contributed by atoms with Crippen molar-refractivity contribution >= 4 is 0 Å². The largest absolute Gasteiger partial charge is 0.310 e.